The van der Waals surface area contributed by atoms with E-state index in [4.69, 9.17) is 15.6 Å². The quantitative estimate of drug-likeness (QED) is 0.187. The predicted molar refractivity (Wildman–Crippen MR) is 133 cm³/mol. The van der Waals surface area contributed by atoms with Crippen molar-refractivity contribution in [1.82, 2.24) is 0 Å². The lowest BCUT2D eigenvalue weighted by molar-refractivity contribution is 0.131. The Morgan fingerprint density at radius 2 is 1.58 bits per heavy atom. The van der Waals surface area contributed by atoms with E-state index >= 15 is 0 Å². The molecule has 188 valence electrons. The van der Waals surface area contributed by atoms with Crippen LogP contribution in [0.4, 0.5) is 17.6 Å². The fraction of sp³-hybridized carbons (Fsp3) is 0.179. The predicted octanol–water partition coefficient (Wildman–Crippen LogP) is 6.63. The molecule has 3 rings (SSSR count). The number of rotatable bonds is 10. The maximum atomic E-state index is 14.7. The van der Waals surface area contributed by atoms with Gasteiger partial charge in [-0.3, -0.25) is 0 Å². The topological polar surface area (TPSA) is 67.8 Å². The number of ether oxygens (including phenoxy) is 1. The van der Waals surface area contributed by atoms with Gasteiger partial charge in [-0.15, -0.1) is 0 Å². The largest absolute Gasteiger partial charge is 0.494 e. The van der Waals surface area contributed by atoms with E-state index in [9.17, 15) is 17.6 Å². The summed E-state index contributed by atoms with van der Waals surface area (Å²) in [6.07, 6.45) is 2.74. The number of aliphatic hydroxyl groups excluding tert-OH is 1. The number of aliphatic imine (C=N–C) groups is 1. The molecule has 0 bridgehead atoms. The molecule has 0 spiro atoms. The van der Waals surface area contributed by atoms with E-state index in [1.54, 1.807) is 31.2 Å². The van der Waals surface area contributed by atoms with Crippen molar-refractivity contribution in [1.29, 1.82) is 0 Å². The third-order valence-electron chi connectivity index (χ3n) is 5.58. The van der Waals surface area contributed by atoms with Crippen LogP contribution in [0.15, 0.2) is 72.2 Å². The zero-order valence-electron chi connectivity index (χ0n) is 19.7. The molecule has 0 aliphatic heterocycles. The van der Waals surface area contributed by atoms with Crippen molar-refractivity contribution < 1.29 is 27.4 Å². The molecule has 0 aliphatic rings. The van der Waals surface area contributed by atoms with E-state index < -0.39 is 29.2 Å². The van der Waals surface area contributed by atoms with Crippen LogP contribution in [0, 0.1) is 23.3 Å². The summed E-state index contributed by atoms with van der Waals surface area (Å²) in [4.78, 5) is 3.55. The highest BCUT2D eigenvalue weighted by atomic mass is 19.2. The summed E-state index contributed by atoms with van der Waals surface area (Å²) < 4.78 is 63.5. The second kappa shape index (κ2) is 12.2. The average Bonchev–Trinajstić information content (AvgIpc) is 2.87. The van der Waals surface area contributed by atoms with E-state index in [1.165, 1.54) is 24.3 Å². The van der Waals surface area contributed by atoms with Gasteiger partial charge in [0.1, 0.15) is 0 Å². The number of nitrogens with zero attached hydrogens (tertiary/aromatic N) is 1. The minimum atomic E-state index is -1.08. The van der Waals surface area contributed by atoms with Crippen LogP contribution < -0.4 is 5.73 Å². The Morgan fingerprint density at radius 1 is 0.917 bits per heavy atom. The summed E-state index contributed by atoms with van der Waals surface area (Å²) >= 11 is 0. The third kappa shape index (κ3) is 6.20. The van der Waals surface area contributed by atoms with Crippen LogP contribution in [0.3, 0.4) is 0 Å². The number of halogens is 4. The second-order valence-corrected chi connectivity index (χ2v) is 7.93. The number of aryl methyl sites for hydroxylation is 2. The van der Waals surface area contributed by atoms with Crippen LogP contribution in [-0.2, 0) is 24.2 Å². The normalized spacial score (nSPS) is 11.9. The third-order valence-corrected chi connectivity index (χ3v) is 5.58. The lowest BCUT2D eigenvalue weighted by atomic mass is 9.97. The molecule has 0 amide bonds. The first-order chi connectivity index (χ1) is 17.3. The summed E-state index contributed by atoms with van der Waals surface area (Å²) in [5.41, 5.74) is 7.20. The zero-order valence-corrected chi connectivity index (χ0v) is 19.7. The Labute approximate surface area is 207 Å². The van der Waals surface area contributed by atoms with Crippen molar-refractivity contribution in [3.05, 3.63) is 113 Å². The first-order valence-corrected chi connectivity index (χ1v) is 11.2. The van der Waals surface area contributed by atoms with Crippen molar-refractivity contribution in [2.24, 2.45) is 10.7 Å². The lowest BCUT2D eigenvalue weighted by Gasteiger charge is -2.11. The summed E-state index contributed by atoms with van der Waals surface area (Å²) in [7, 11) is 0. The molecule has 0 radical (unpaired) electrons. The molecule has 0 aliphatic carbocycles. The number of nitrogens with two attached hydrogens (primary N) is 1. The molecule has 8 heteroatoms. The van der Waals surface area contributed by atoms with Gasteiger partial charge in [0.05, 0.1) is 6.61 Å². The summed E-state index contributed by atoms with van der Waals surface area (Å²) in [5, 5.41) is 9.07. The average molecular weight is 499 g/mol. The Morgan fingerprint density at radius 3 is 2.22 bits per heavy atom. The molecule has 0 unspecified atom stereocenters. The minimum Gasteiger partial charge on any atom is -0.494 e. The van der Waals surface area contributed by atoms with Gasteiger partial charge in [0.25, 0.3) is 0 Å². The fourth-order valence-electron chi connectivity index (χ4n) is 3.62. The Balaban J connectivity index is 1.73. The maximum Gasteiger partial charge on any atom is 0.203 e. The summed E-state index contributed by atoms with van der Waals surface area (Å²) in [6, 6.07) is 12.6. The van der Waals surface area contributed by atoms with Gasteiger partial charge in [-0.05, 0) is 43.0 Å². The van der Waals surface area contributed by atoms with Crippen LogP contribution in [0.5, 0.6) is 0 Å². The Hall–Kier alpha value is -3.91. The van der Waals surface area contributed by atoms with Crippen LogP contribution in [0.1, 0.15) is 29.2 Å². The number of hydrogen-bond acceptors (Lipinski definition) is 4. The first kappa shape index (κ1) is 26.7. The van der Waals surface area contributed by atoms with Gasteiger partial charge in [0, 0.05) is 41.3 Å². The number of allylic oxidation sites excluding steroid dienone is 1. The SMILES string of the molecule is C=C(O)/N=C\C(=C/N)c1ccc(CCc2ccc(-c3ccc(COCC)c(F)c3F)cc2)c(F)c1F. The van der Waals surface area contributed by atoms with Crippen molar-refractivity contribution in [3.8, 4) is 11.1 Å². The van der Waals surface area contributed by atoms with E-state index in [0.717, 1.165) is 18.0 Å². The standard InChI is InChI=1S/C28H26F4N2O2/c1-3-36-16-21-11-13-23(27(31)26(21)30)19-7-4-18(5-8-19)6-9-20-10-12-24(28(32)25(20)29)22(14-33)15-34-17(2)35/h4-5,7-8,10-15,35H,2-3,6,9,16,33H2,1H3/b22-14+,34-15-. The Kier molecular flexibility index (Phi) is 9.02. The maximum absolute atomic E-state index is 14.7. The highest BCUT2D eigenvalue weighted by molar-refractivity contribution is 6.10. The zero-order chi connectivity index (χ0) is 26.2. The van der Waals surface area contributed by atoms with E-state index in [2.05, 4.69) is 11.6 Å². The number of aliphatic hydroxyl groups is 1. The Bertz CT molecular complexity index is 1300. The van der Waals surface area contributed by atoms with E-state index in [1.807, 2.05) is 0 Å². The molecule has 0 fully saturated rings. The van der Waals surface area contributed by atoms with Crippen LogP contribution in [0.25, 0.3) is 16.7 Å². The van der Waals surface area contributed by atoms with Gasteiger partial charge in [-0.2, -0.15) is 0 Å². The smallest absolute Gasteiger partial charge is 0.203 e. The monoisotopic (exact) mass is 498 g/mol. The van der Waals surface area contributed by atoms with E-state index in [-0.39, 0.29) is 40.9 Å². The molecule has 0 saturated heterocycles. The van der Waals surface area contributed by atoms with Crippen LogP contribution in [-0.4, -0.2) is 17.9 Å². The van der Waals surface area contributed by atoms with Crippen LogP contribution in [0.2, 0.25) is 0 Å². The van der Waals surface area contributed by atoms with Gasteiger partial charge < -0.3 is 15.6 Å². The van der Waals surface area contributed by atoms with Crippen molar-refractivity contribution >= 4 is 11.8 Å². The van der Waals surface area contributed by atoms with Crippen molar-refractivity contribution in [2.45, 2.75) is 26.4 Å². The second-order valence-electron chi connectivity index (χ2n) is 7.93. The fourth-order valence-corrected chi connectivity index (χ4v) is 3.62. The minimum absolute atomic E-state index is 0.00751. The highest BCUT2D eigenvalue weighted by Crippen LogP contribution is 2.28. The molecule has 3 N–H and O–H groups in total. The molecular formula is C28H26F4N2O2. The van der Waals surface area contributed by atoms with Crippen molar-refractivity contribution in [2.75, 3.05) is 6.61 Å². The van der Waals surface area contributed by atoms with Crippen molar-refractivity contribution in [3.63, 3.8) is 0 Å². The molecule has 0 aromatic heterocycles. The van der Waals surface area contributed by atoms with Gasteiger partial charge >= 0.3 is 0 Å². The van der Waals surface area contributed by atoms with Gasteiger partial charge in [-0.25, -0.2) is 22.6 Å². The molecule has 4 nitrogen and oxygen atoms in total. The molecule has 36 heavy (non-hydrogen) atoms. The molecule has 3 aromatic carbocycles. The summed E-state index contributed by atoms with van der Waals surface area (Å²) in [6.45, 7) is 5.35. The molecule has 0 atom stereocenters. The first-order valence-electron chi connectivity index (χ1n) is 11.2. The molecule has 3 aromatic rings. The number of hydrogen-bond donors (Lipinski definition) is 2. The molecule has 0 saturated carbocycles. The van der Waals surface area contributed by atoms with Gasteiger partial charge in [0.2, 0.25) is 5.88 Å². The lowest BCUT2D eigenvalue weighted by Crippen LogP contribution is -2.03. The van der Waals surface area contributed by atoms with E-state index in [0.29, 0.717) is 18.6 Å². The summed E-state index contributed by atoms with van der Waals surface area (Å²) in [5.74, 6) is -4.48. The number of benzene rings is 3. The van der Waals surface area contributed by atoms with Gasteiger partial charge in [0.15, 0.2) is 23.3 Å². The van der Waals surface area contributed by atoms with Crippen LogP contribution >= 0.6 is 0 Å². The molecule has 0 heterocycles. The van der Waals surface area contributed by atoms with Gasteiger partial charge in [-0.1, -0.05) is 48.5 Å². The highest BCUT2D eigenvalue weighted by Gasteiger charge is 2.17. The molecular weight excluding hydrogens is 472 g/mol.